The molecule has 1 saturated carbocycles. The van der Waals surface area contributed by atoms with E-state index in [2.05, 4.69) is 24.5 Å². The van der Waals surface area contributed by atoms with Gasteiger partial charge in [0.1, 0.15) is 0 Å². The van der Waals surface area contributed by atoms with Crippen LogP contribution in [0.25, 0.3) is 0 Å². The summed E-state index contributed by atoms with van der Waals surface area (Å²) < 4.78 is 5.27. The Morgan fingerprint density at radius 3 is 2.65 bits per heavy atom. The van der Waals surface area contributed by atoms with Gasteiger partial charge in [-0.1, -0.05) is 32.8 Å². The zero-order chi connectivity index (χ0) is 19.3. The Kier molecular flexibility index (Phi) is 6.60. The molecular weight excluding hydrogens is 334 g/mol. The molecule has 1 aliphatic rings. The van der Waals surface area contributed by atoms with Crippen LogP contribution in [0.5, 0.6) is 0 Å². The minimum atomic E-state index is -0.903. The van der Waals surface area contributed by atoms with E-state index in [-0.39, 0.29) is 17.5 Å². The van der Waals surface area contributed by atoms with Crippen molar-refractivity contribution in [1.29, 1.82) is 0 Å². The Balaban J connectivity index is 1.93. The third-order valence-corrected chi connectivity index (χ3v) is 5.05. The maximum absolute atomic E-state index is 12.4. The Hall–Kier alpha value is -2.57. The summed E-state index contributed by atoms with van der Waals surface area (Å²) in [5.74, 6) is 0.0288. The molecule has 3 amide bonds. The van der Waals surface area contributed by atoms with Gasteiger partial charge in [0.2, 0.25) is 0 Å². The van der Waals surface area contributed by atoms with Gasteiger partial charge >= 0.3 is 12.0 Å². The van der Waals surface area contributed by atoms with Crippen LogP contribution in [-0.4, -0.2) is 30.1 Å². The summed E-state index contributed by atoms with van der Waals surface area (Å²) in [4.78, 5) is 35.5. The van der Waals surface area contributed by atoms with E-state index in [0.29, 0.717) is 17.5 Å². The van der Waals surface area contributed by atoms with Gasteiger partial charge in [0.15, 0.2) is 6.10 Å². The molecule has 7 heteroatoms. The van der Waals surface area contributed by atoms with Crippen LogP contribution < -0.4 is 16.4 Å². The number of nitrogens with two attached hydrogens (primary N) is 1. The number of hydrogen-bond acceptors (Lipinski definition) is 4. The van der Waals surface area contributed by atoms with Crippen molar-refractivity contribution in [2.75, 3.05) is 5.32 Å². The average molecular weight is 361 g/mol. The van der Waals surface area contributed by atoms with Crippen LogP contribution in [0.3, 0.4) is 0 Å². The van der Waals surface area contributed by atoms with E-state index < -0.39 is 18.1 Å². The van der Waals surface area contributed by atoms with Crippen LogP contribution in [0.15, 0.2) is 24.3 Å². The van der Waals surface area contributed by atoms with Crippen LogP contribution in [0, 0.1) is 11.8 Å². The molecule has 1 aromatic carbocycles. The number of benzene rings is 1. The average Bonchev–Trinajstić information content (AvgIpc) is 2.58. The molecule has 0 aromatic heterocycles. The van der Waals surface area contributed by atoms with E-state index in [4.69, 9.17) is 10.5 Å². The summed E-state index contributed by atoms with van der Waals surface area (Å²) in [5, 5.41) is 5.39. The SMILES string of the molecule is C[C@H]1[C@@H](NC(=O)[C@@H](C)OC(=O)c2cccc(NC(N)=O)c2)CCC[C@@H]1C. The number of carbonyl (C=O) groups excluding carboxylic acids is 3. The molecule has 1 fully saturated rings. The van der Waals surface area contributed by atoms with Crippen LogP contribution in [0.4, 0.5) is 10.5 Å². The van der Waals surface area contributed by atoms with Crippen molar-refractivity contribution in [3.63, 3.8) is 0 Å². The lowest BCUT2D eigenvalue weighted by Crippen LogP contribution is -2.47. The molecule has 0 saturated heterocycles. The van der Waals surface area contributed by atoms with Crippen LogP contribution in [-0.2, 0) is 9.53 Å². The maximum Gasteiger partial charge on any atom is 0.338 e. The molecule has 1 aliphatic carbocycles. The molecule has 0 radical (unpaired) electrons. The van der Waals surface area contributed by atoms with E-state index in [0.717, 1.165) is 12.8 Å². The van der Waals surface area contributed by atoms with Crippen LogP contribution in [0.2, 0.25) is 0 Å². The molecule has 4 N–H and O–H groups in total. The minimum absolute atomic E-state index is 0.107. The fourth-order valence-corrected chi connectivity index (χ4v) is 3.23. The minimum Gasteiger partial charge on any atom is -0.449 e. The summed E-state index contributed by atoms with van der Waals surface area (Å²) in [6.45, 7) is 5.89. The number of nitrogens with one attached hydrogen (secondary N) is 2. The van der Waals surface area contributed by atoms with Gasteiger partial charge in [0, 0.05) is 11.7 Å². The Bertz CT molecular complexity index is 677. The molecule has 7 nitrogen and oxygen atoms in total. The molecule has 0 spiro atoms. The number of urea groups is 1. The van der Waals surface area contributed by atoms with E-state index in [1.54, 1.807) is 25.1 Å². The fraction of sp³-hybridized carbons (Fsp3) is 0.526. The number of rotatable bonds is 5. The number of amides is 3. The summed E-state index contributed by atoms with van der Waals surface area (Å²) in [6.07, 6.45) is 2.30. The first-order valence-corrected chi connectivity index (χ1v) is 8.95. The monoisotopic (exact) mass is 361 g/mol. The Morgan fingerprint density at radius 2 is 1.96 bits per heavy atom. The summed E-state index contributed by atoms with van der Waals surface area (Å²) in [7, 11) is 0. The molecule has 0 unspecified atom stereocenters. The van der Waals surface area contributed by atoms with Crippen molar-refractivity contribution in [3.05, 3.63) is 29.8 Å². The first-order valence-electron chi connectivity index (χ1n) is 8.95. The Morgan fingerprint density at radius 1 is 1.23 bits per heavy atom. The van der Waals surface area contributed by atoms with Crippen molar-refractivity contribution in [2.45, 2.75) is 52.2 Å². The third-order valence-electron chi connectivity index (χ3n) is 5.05. The van der Waals surface area contributed by atoms with Gasteiger partial charge in [-0.05, 0) is 43.4 Å². The molecule has 142 valence electrons. The lowest BCUT2D eigenvalue weighted by atomic mass is 9.78. The number of primary amides is 1. The van der Waals surface area contributed by atoms with Crippen LogP contribution >= 0.6 is 0 Å². The lowest BCUT2D eigenvalue weighted by Gasteiger charge is -2.35. The van der Waals surface area contributed by atoms with Crippen molar-refractivity contribution < 1.29 is 19.1 Å². The highest BCUT2D eigenvalue weighted by Gasteiger charge is 2.30. The van der Waals surface area contributed by atoms with Crippen molar-refractivity contribution in [3.8, 4) is 0 Å². The number of anilines is 1. The number of carbonyl (C=O) groups is 3. The first-order chi connectivity index (χ1) is 12.3. The van der Waals surface area contributed by atoms with Gasteiger partial charge in [-0.3, -0.25) is 4.79 Å². The molecule has 1 aromatic rings. The molecular formula is C19H27N3O4. The molecule has 0 aliphatic heterocycles. The maximum atomic E-state index is 12.4. The van der Waals surface area contributed by atoms with E-state index in [1.165, 1.54) is 12.5 Å². The zero-order valence-electron chi connectivity index (χ0n) is 15.5. The molecule has 0 heterocycles. The topological polar surface area (TPSA) is 111 Å². The van der Waals surface area contributed by atoms with Crippen molar-refractivity contribution in [1.82, 2.24) is 5.32 Å². The quantitative estimate of drug-likeness (QED) is 0.700. The summed E-state index contributed by atoms with van der Waals surface area (Å²) >= 11 is 0. The fourth-order valence-electron chi connectivity index (χ4n) is 3.23. The van der Waals surface area contributed by atoms with Crippen molar-refractivity contribution in [2.24, 2.45) is 17.6 Å². The number of hydrogen-bond donors (Lipinski definition) is 3. The van der Waals surface area contributed by atoms with Gasteiger partial charge in [-0.25, -0.2) is 9.59 Å². The van der Waals surface area contributed by atoms with E-state index in [1.807, 2.05) is 0 Å². The van der Waals surface area contributed by atoms with Gasteiger partial charge < -0.3 is 21.1 Å². The highest BCUT2D eigenvalue weighted by Crippen LogP contribution is 2.29. The second-order valence-electron chi connectivity index (χ2n) is 7.00. The highest BCUT2D eigenvalue weighted by molar-refractivity contribution is 5.95. The molecule has 2 rings (SSSR count). The van der Waals surface area contributed by atoms with Gasteiger partial charge in [-0.15, -0.1) is 0 Å². The third kappa shape index (κ3) is 5.21. The predicted octanol–water partition coefficient (Wildman–Crippen LogP) is 2.66. The standard InChI is InChI=1S/C19H27N3O4/c1-11-6-4-9-16(12(11)2)22-17(23)13(3)26-18(24)14-7-5-8-15(10-14)21-19(20)25/h5,7-8,10-13,16H,4,6,9H2,1-3H3,(H,22,23)(H3,20,21,25)/t11-,12+,13+,16-/m0/s1. The van der Waals surface area contributed by atoms with Crippen molar-refractivity contribution >= 4 is 23.6 Å². The molecule has 0 bridgehead atoms. The van der Waals surface area contributed by atoms with Gasteiger partial charge in [0.25, 0.3) is 5.91 Å². The summed E-state index contributed by atoms with van der Waals surface area (Å²) in [5.41, 5.74) is 5.68. The lowest BCUT2D eigenvalue weighted by molar-refractivity contribution is -0.130. The van der Waals surface area contributed by atoms with Gasteiger partial charge in [0.05, 0.1) is 5.56 Å². The van der Waals surface area contributed by atoms with E-state index >= 15 is 0 Å². The number of esters is 1. The smallest absolute Gasteiger partial charge is 0.338 e. The van der Waals surface area contributed by atoms with Gasteiger partial charge in [-0.2, -0.15) is 0 Å². The molecule has 26 heavy (non-hydrogen) atoms. The highest BCUT2D eigenvalue weighted by atomic mass is 16.5. The zero-order valence-corrected chi connectivity index (χ0v) is 15.5. The first kappa shape index (κ1) is 19.8. The normalized spacial score (nSPS) is 23.6. The van der Waals surface area contributed by atoms with Crippen LogP contribution in [0.1, 0.15) is 50.4 Å². The second-order valence-corrected chi connectivity index (χ2v) is 7.00. The Labute approximate surface area is 153 Å². The second kappa shape index (κ2) is 8.69. The number of ether oxygens (including phenoxy) is 1. The van der Waals surface area contributed by atoms with E-state index in [9.17, 15) is 14.4 Å². The molecule has 4 atom stereocenters. The summed E-state index contributed by atoms with van der Waals surface area (Å²) in [6, 6.07) is 5.57. The largest absolute Gasteiger partial charge is 0.449 e. The predicted molar refractivity (Wildman–Crippen MR) is 98.6 cm³/mol.